The van der Waals surface area contributed by atoms with Gasteiger partial charge in [0.2, 0.25) is 0 Å². The predicted octanol–water partition coefficient (Wildman–Crippen LogP) is 3.77. The Balaban J connectivity index is 2.27. The molecule has 1 N–H and O–H groups in total. The molecule has 0 aliphatic heterocycles. The van der Waals surface area contributed by atoms with Crippen LogP contribution in [-0.2, 0) is 0 Å². The molecule has 0 fully saturated rings. The van der Waals surface area contributed by atoms with Gasteiger partial charge in [-0.1, -0.05) is 31.0 Å². The summed E-state index contributed by atoms with van der Waals surface area (Å²) in [5.41, 5.74) is 3.79. The molecule has 2 heteroatoms. The van der Waals surface area contributed by atoms with Gasteiger partial charge in [0, 0.05) is 0 Å². The van der Waals surface area contributed by atoms with E-state index in [0.29, 0.717) is 0 Å². The zero-order chi connectivity index (χ0) is 13.4. The molecule has 0 atom stereocenters. The molecule has 0 aliphatic rings. The average Bonchev–Trinajstić information content (AvgIpc) is 2.30. The van der Waals surface area contributed by atoms with E-state index in [0.717, 1.165) is 31.9 Å². The van der Waals surface area contributed by atoms with E-state index in [1.54, 1.807) is 0 Å². The predicted molar refractivity (Wildman–Crippen MR) is 78.5 cm³/mol. The smallest absolute Gasteiger partial charge is 0.125 e. The molecule has 0 unspecified atom stereocenters. The Kier molecular flexibility index (Phi) is 6.81. The molecule has 2 nitrogen and oxygen atoms in total. The van der Waals surface area contributed by atoms with E-state index in [1.807, 2.05) is 0 Å². The van der Waals surface area contributed by atoms with E-state index < -0.39 is 0 Å². The number of aryl methyl sites for hydroxylation is 3. The van der Waals surface area contributed by atoms with Gasteiger partial charge in [0.15, 0.2) is 0 Å². The normalized spacial score (nSPS) is 10.7. The first-order valence-corrected chi connectivity index (χ1v) is 7.06. The Morgan fingerprint density at radius 2 is 1.61 bits per heavy atom. The monoisotopic (exact) mass is 249 g/mol. The lowest BCUT2D eigenvalue weighted by atomic mass is 10.1. The highest BCUT2D eigenvalue weighted by Crippen LogP contribution is 2.24. The average molecular weight is 249 g/mol. The number of rotatable bonds is 8. The highest BCUT2D eigenvalue weighted by molar-refractivity contribution is 5.42. The molecule has 0 saturated carbocycles. The van der Waals surface area contributed by atoms with Crippen LogP contribution in [0.1, 0.15) is 42.9 Å². The lowest BCUT2D eigenvalue weighted by molar-refractivity contribution is 0.304. The van der Waals surface area contributed by atoms with Gasteiger partial charge in [0.05, 0.1) is 6.61 Å². The van der Waals surface area contributed by atoms with Crippen LogP contribution in [0.4, 0.5) is 0 Å². The molecule has 102 valence electrons. The first kappa shape index (κ1) is 15.0. The minimum Gasteiger partial charge on any atom is -0.493 e. The van der Waals surface area contributed by atoms with Crippen LogP contribution in [0.3, 0.4) is 0 Å². The molecule has 0 radical (unpaired) electrons. The van der Waals surface area contributed by atoms with Gasteiger partial charge in [-0.3, -0.25) is 0 Å². The second-order valence-electron chi connectivity index (χ2n) is 5.03. The lowest BCUT2D eigenvalue weighted by Gasteiger charge is -2.13. The van der Waals surface area contributed by atoms with Crippen molar-refractivity contribution >= 4 is 0 Å². The number of benzene rings is 1. The summed E-state index contributed by atoms with van der Waals surface area (Å²) in [5.74, 6) is 1.06. The number of unbranched alkanes of at least 4 members (excludes halogenated alkanes) is 1. The molecule has 0 aliphatic carbocycles. The third-order valence-corrected chi connectivity index (χ3v) is 3.06. The summed E-state index contributed by atoms with van der Waals surface area (Å²) in [6, 6.07) is 4.36. The van der Waals surface area contributed by atoms with Gasteiger partial charge in [0.25, 0.3) is 0 Å². The fourth-order valence-corrected chi connectivity index (χ4v) is 2.19. The quantitative estimate of drug-likeness (QED) is 0.708. The van der Waals surface area contributed by atoms with Gasteiger partial charge in [-0.25, -0.2) is 0 Å². The van der Waals surface area contributed by atoms with Crippen LogP contribution in [0.25, 0.3) is 0 Å². The van der Waals surface area contributed by atoms with Crippen molar-refractivity contribution in [3.63, 3.8) is 0 Å². The summed E-state index contributed by atoms with van der Waals surface area (Å²) >= 11 is 0. The maximum absolute atomic E-state index is 5.89. The third kappa shape index (κ3) is 5.09. The van der Waals surface area contributed by atoms with Crippen molar-refractivity contribution in [1.82, 2.24) is 5.32 Å². The molecule has 1 aromatic rings. The number of hydrogen-bond acceptors (Lipinski definition) is 2. The molecule has 0 aromatic heterocycles. The Hall–Kier alpha value is -1.02. The van der Waals surface area contributed by atoms with Crippen LogP contribution in [0.15, 0.2) is 12.1 Å². The topological polar surface area (TPSA) is 21.3 Å². The van der Waals surface area contributed by atoms with E-state index in [9.17, 15) is 0 Å². The SMILES string of the molecule is CCCCNCCCOc1c(C)cc(C)cc1C. The Morgan fingerprint density at radius 3 is 2.22 bits per heavy atom. The highest BCUT2D eigenvalue weighted by Gasteiger charge is 2.04. The lowest BCUT2D eigenvalue weighted by Crippen LogP contribution is -2.18. The van der Waals surface area contributed by atoms with Crippen molar-refractivity contribution < 1.29 is 4.74 Å². The van der Waals surface area contributed by atoms with E-state index in [2.05, 4.69) is 45.1 Å². The molecule has 0 spiro atoms. The van der Waals surface area contributed by atoms with Crippen molar-refractivity contribution in [3.05, 3.63) is 28.8 Å². The highest BCUT2D eigenvalue weighted by atomic mass is 16.5. The Labute approximate surface area is 112 Å². The van der Waals surface area contributed by atoms with Crippen LogP contribution < -0.4 is 10.1 Å². The summed E-state index contributed by atoms with van der Waals surface area (Å²) in [6.07, 6.45) is 3.58. The largest absolute Gasteiger partial charge is 0.493 e. The van der Waals surface area contributed by atoms with Crippen molar-refractivity contribution in [1.29, 1.82) is 0 Å². The van der Waals surface area contributed by atoms with E-state index >= 15 is 0 Å². The van der Waals surface area contributed by atoms with E-state index in [4.69, 9.17) is 4.74 Å². The Bertz CT molecular complexity index is 337. The van der Waals surface area contributed by atoms with Gasteiger partial charge in [-0.15, -0.1) is 0 Å². The summed E-state index contributed by atoms with van der Waals surface area (Å²) in [5, 5.41) is 3.43. The minimum atomic E-state index is 0.796. The molecule has 18 heavy (non-hydrogen) atoms. The number of ether oxygens (including phenoxy) is 1. The molecule has 1 rings (SSSR count). The zero-order valence-electron chi connectivity index (χ0n) is 12.3. The maximum Gasteiger partial charge on any atom is 0.125 e. The second kappa shape index (κ2) is 8.15. The molecule has 0 bridgehead atoms. The van der Waals surface area contributed by atoms with Crippen molar-refractivity contribution in [2.75, 3.05) is 19.7 Å². The fourth-order valence-electron chi connectivity index (χ4n) is 2.19. The zero-order valence-corrected chi connectivity index (χ0v) is 12.3. The van der Waals surface area contributed by atoms with Gasteiger partial charge in [0.1, 0.15) is 5.75 Å². The molecule has 0 heterocycles. The van der Waals surface area contributed by atoms with Gasteiger partial charge < -0.3 is 10.1 Å². The molecule has 0 amide bonds. The van der Waals surface area contributed by atoms with Crippen molar-refractivity contribution in [2.45, 2.75) is 47.0 Å². The van der Waals surface area contributed by atoms with Crippen LogP contribution in [-0.4, -0.2) is 19.7 Å². The van der Waals surface area contributed by atoms with Crippen molar-refractivity contribution in [3.8, 4) is 5.75 Å². The van der Waals surface area contributed by atoms with Crippen LogP contribution in [0.5, 0.6) is 5.75 Å². The van der Waals surface area contributed by atoms with E-state index in [-0.39, 0.29) is 0 Å². The first-order chi connectivity index (χ1) is 8.65. The summed E-state index contributed by atoms with van der Waals surface area (Å²) < 4.78 is 5.89. The van der Waals surface area contributed by atoms with Crippen LogP contribution in [0, 0.1) is 20.8 Å². The number of nitrogens with one attached hydrogen (secondary N) is 1. The molecular formula is C16H27NO. The van der Waals surface area contributed by atoms with Crippen LogP contribution in [0.2, 0.25) is 0 Å². The second-order valence-corrected chi connectivity index (χ2v) is 5.03. The first-order valence-electron chi connectivity index (χ1n) is 7.06. The summed E-state index contributed by atoms with van der Waals surface area (Å²) in [6.45, 7) is 11.5. The third-order valence-electron chi connectivity index (χ3n) is 3.06. The van der Waals surface area contributed by atoms with E-state index in [1.165, 1.54) is 29.5 Å². The number of hydrogen-bond donors (Lipinski definition) is 1. The molecule has 1 aromatic carbocycles. The molecule has 0 saturated heterocycles. The summed E-state index contributed by atoms with van der Waals surface area (Å²) in [4.78, 5) is 0. The van der Waals surface area contributed by atoms with Gasteiger partial charge >= 0.3 is 0 Å². The minimum absolute atomic E-state index is 0.796. The van der Waals surface area contributed by atoms with Crippen molar-refractivity contribution in [2.24, 2.45) is 0 Å². The van der Waals surface area contributed by atoms with Gasteiger partial charge in [-0.05, 0) is 57.8 Å². The maximum atomic E-state index is 5.89. The fraction of sp³-hybridized carbons (Fsp3) is 0.625. The summed E-state index contributed by atoms with van der Waals surface area (Å²) in [7, 11) is 0. The standard InChI is InChI=1S/C16H27NO/c1-5-6-8-17-9-7-10-18-16-14(3)11-13(2)12-15(16)4/h11-12,17H,5-10H2,1-4H3. The van der Waals surface area contributed by atoms with Gasteiger partial charge in [-0.2, -0.15) is 0 Å². The van der Waals surface area contributed by atoms with Crippen LogP contribution >= 0.6 is 0 Å². The Morgan fingerprint density at radius 1 is 1.00 bits per heavy atom. The molecular weight excluding hydrogens is 222 g/mol.